The Kier molecular flexibility index (Phi) is 5.62. The molecular formula is C23H28FN7O. The lowest BCUT2D eigenvalue weighted by atomic mass is 10.1. The molecule has 5 rings (SSSR count). The largest absolute Gasteiger partial charge is 0.378 e. The Bertz CT molecular complexity index is 1140. The van der Waals surface area contributed by atoms with Gasteiger partial charge in [0.05, 0.1) is 24.9 Å². The average Bonchev–Trinajstić information content (AvgIpc) is 2.82. The van der Waals surface area contributed by atoms with Gasteiger partial charge in [-0.15, -0.1) is 5.10 Å². The predicted molar refractivity (Wildman–Crippen MR) is 122 cm³/mol. The number of rotatable bonds is 4. The van der Waals surface area contributed by atoms with E-state index in [4.69, 9.17) is 15.5 Å². The van der Waals surface area contributed by atoms with E-state index in [1.807, 2.05) is 19.2 Å². The maximum absolute atomic E-state index is 14.6. The molecule has 2 aliphatic heterocycles. The Morgan fingerprint density at radius 2 is 2.06 bits per heavy atom. The fraction of sp³-hybridized carbons (Fsp3) is 0.435. The molecule has 8 nitrogen and oxygen atoms in total. The van der Waals surface area contributed by atoms with Gasteiger partial charge in [0.25, 0.3) is 0 Å². The number of piperazine rings is 1. The van der Waals surface area contributed by atoms with E-state index in [0.29, 0.717) is 23.0 Å². The standard InChI is InChI=1S/C23H28FN7O/c1-14-4-3-5-17(21(14)24)22(25)27-23-18-10-20(26-11-19(18)15(2)28-29-23)31-7-6-30-8-9-32-13-16(30)12-31/h3-5,10-11,16,22H,6-9,12-13,25H2,1-2H3,(H,27,29)/t16-,22-/m0/s1. The summed E-state index contributed by atoms with van der Waals surface area (Å²) in [4.78, 5) is 9.48. The maximum Gasteiger partial charge on any atom is 0.158 e. The first-order valence-corrected chi connectivity index (χ1v) is 11.0. The SMILES string of the molecule is Cc1cccc([C@@H](N)Nc2nnc(C)c3cnc(N4CCN5CCOC[C@@H]5C4)cc23)c1F. The molecule has 2 aromatic heterocycles. The van der Waals surface area contributed by atoms with E-state index in [-0.39, 0.29) is 5.82 Å². The Balaban J connectivity index is 1.46. The number of morpholine rings is 1. The van der Waals surface area contributed by atoms with E-state index in [9.17, 15) is 4.39 Å². The van der Waals surface area contributed by atoms with Crippen LogP contribution in [0, 0.1) is 19.7 Å². The first kappa shape index (κ1) is 21.0. The summed E-state index contributed by atoms with van der Waals surface area (Å²) >= 11 is 0. The molecule has 9 heteroatoms. The topological polar surface area (TPSA) is 92.4 Å². The second-order valence-electron chi connectivity index (χ2n) is 8.53. The fourth-order valence-corrected chi connectivity index (χ4v) is 4.53. The number of aryl methyl sites for hydroxylation is 2. The van der Waals surface area contributed by atoms with Gasteiger partial charge in [-0.3, -0.25) is 4.90 Å². The first-order valence-electron chi connectivity index (χ1n) is 11.0. The van der Waals surface area contributed by atoms with E-state index in [1.54, 1.807) is 25.1 Å². The molecule has 1 aromatic carbocycles. The normalized spacial score (nSPS) is 20.2. The summed E-state index contributed by atoms with van der Waals surface area (Å²) in [6.07, 6.45) is 1.08. The summed E-state index contributed by atoms with van der Waals surface area (Å²) in [5.74, 6) is 1.09. The second kappa shape index (κ2) is 8.57. The lowest BCUT2D eigenvalue weighted by Crippen LogP contribution is -2.58. The van der Waals surface area contributed by atoms with Crippen molar-refractivity contribution in [3.63, 3.8) is 0 Å². The van der Waals surface area contributed by atoms with Crippen molar-refractivity contribution in [2.45, 2.75) is 26.1 Å². The van der Waals surface area contributed by atoms with Crippen LogP contribution in [0.3, 0.4) is 0 Å². The van der Waals surface area contributed by atoms with E-state index in [2.05, 4.69) is 25.3 Å². The average molecular weight is 438 g/mol. The third-order valence-electron chi connectivity index (χ3n) is 6.45. The minimum atomic E-state index is -0.755. The zero-order valence-electron chi connectivity index (χ0n) is 18.4. The zero-order valence-corrected chi connectivity index (χ0v) is 18.4. The van der Waals surface area contributed by atoms with Crippen LogP contribution in [0.4, 0.5) is 16.0 Å². The zero-order chi connectivity index (χ0) is 22.2. The van der Waals surface area contributed by atoms with Gasteiger partial charge in [-0.25, -0.2) is 9.37 Å². The summed E-state index contributed by atoms with van der Waals surface area (Å²) in [6.45, 7) is 8.93. The number of hydrogen-bond donors (Lipinski definition) is 2. The molecule has 3 aromatic rings. The van der Waals surface area contributed by atoms with Crippen LogP contribution >= 0.6 is 0 Å². The van der Waals surface area contributed by atoms with Crippen LogP contribution in [-0.4, -0.2) is 65.5 Å². The Morgan fingerprint density at radius 1 is 1.19 bits per heavy atom. The number of halogens is 1. The number of nitrogens with one attached hydrogen (secondary N) is 1. The number of nitrogens with zero attached hydrogens (tertiary/aromatic N) is 5. The van der Waals surface area contributed by atoms with Gasteiger partial charge in [-0.1, -0.05) is 18.2 Å². The second-order valence-corrected chi connectivity index (χ2v) is 8.53. The van der Waals surface area contributed by atoms with Gasteiger partial charge in [-0.2, -0.15) is 5.10 Å². The molecule has 0 aliphatic carbocycles. The number of anilines is 2. The van der Waals surface area contributed by atoms with E-state index >= 15 is 0 Å². The van der Waals surface area contributed by atoms with Gasteiger partial charge in [-0.05, 0) is 25.5 Å². The summed E-state index contributed by atoms with van der Waals surface area (Å²) in [5.41, 5.74) is 8.04. The minimum Gasteiger partial charge on any atom is -0.378 e. The van der Waals surface area contributed by atoms with Crippen LogP contribution < -0.4 is 16.0 Å². The van der Waals surface area contributed by atoms with Crippen molar-refractivity contribution >= 4 is 22.4 Å². The van der Waals surface area contributed by atoms with E-state index < -0.39 is 6.17 Å². The molecule has 0 radical (unpaired) electrons. The number of hydrogen-bond acceptors (Lipinski definition) is 8. The summed E-state index contributed by atoms with van der Waals surface area (Å²) < 4.78 is 20.3. The molecule has 0 unspecified atom stereocenters. The van der Waals surface area contributed by atoms with Crippen LogP contribution in [0.25, 0.3) is 10.8 Å². The summed E-state index contributed by atoms with van der Waals surface area (Å²) in [7, 11) is 0. The van der Waals surface area contributed by atoms with Crippen LogP contribution in [0.2, 0.25) is 0 Å². The van der Waals surface area contributed by atoms with Crippen molar-refractivity contribution in [1.29, 1.82) is 0 Å². The van der Waals surface area contributed by atoms with Gasteiger partial charge in [0.15, 0.2) is 5.82 Å². The highest BCUT2D eigenvalue weighted by Crippen LogP contribution is 2.29. The molecule has 2 fully saturated rings. The molecule has 0 amide bonds. The molecule has 2 saturated heterocycles. The Labute approximate surface area is 186 Å². The molecule has 0 bridgehead atoms. The molecular weight excluding hydrogens is 409 g/mol. The highest BCUT2D eigenvalue weighted by atomic mass is 19.1. The summed E-state index contributed by atoms with van der Waals surface area (Å²) in [5, 5.41) is 13.5. The van der Waals surface area contributed by atoms with E-state index in [1.165, 1.54) is 0 Å². The molecule has 3 N–H and O–H groups in total. The smallest absolute Gasteiger partial charge is 0.158 e. The van der Waals surface area contributed by atoms with Gasteiger partial charge < -0.3 is 20.7 Å². The highest BCUT2D eigenvalue weighted by molar-refractivity contribution is 5.94. The number of ether oxygens (including phenoxy) is 1. The van der Waals surface area contributed by atoms with Crippen molar-refractivity contribution in [3.05, 3.63) is 53.1 Å². The number of nitrogens with two attached hydrogens (primary N) is 1. The maximum atomic E-state index is 14.6. The molecule has 0 saturated carbocycles. The first-order chi connectivity index (χ1) is 15.5. The summed E-state index contributed by atoms with van der Waals surface area (Å²) in [6, 6.07) is 7.61. The van der Waals surface area contributed by atoms with Crippen molar-refractivity contribution in [2.75, 3.05) is 49.6 Å². The van der Waals surface area contributed by atoms with Crippen molar-refractivity contribution in [2.24, 2.45) is 5.73 Å². The molecule has 4 heterocycles. The monoisotopic (exact) mass is 437 g/mol. The van der Waals surface area contributed by atoms with Crippen molar-refractivity contribution in [3.8, 4) is 0 Å². The lowest BCUT2D eigenvalue weighted by molar-refractivity contribution is -0.0117. The van der Waals surface area contributed by atoms with Crippen molar-refractivity contribution < 1.29 is 9.13 Å². The van der Waals surface area contributed by atoms with Gasteiger partial charge >= 0.3 is 0 Å². The fourth-order valence-electron chi connectivity index (χ4n) is 4.53. The minimum absolute atomic E-state index is 0.313. The molecule has 2 atom stereocenters. The lowest BCUT2D eigenvalue weighted by Gasteiger charge is -2.44. The quantitative estimate of drug-likeness (QED) is 0.601. The van der Waals surface area contributed by atoms with Crippen molar-refractivity contribution in [1.82, 2.24) is 20.1 Å². The van der Waals surface area contributed by atoms with E-state index in [0.717, 1.165) is 61.7 Å². The Hall–Kier alpha value is -2.88. The van der Waals surface area contributed by atoms with Crippen LogP contribution in [0.5, 0.6) is 0 Å². The predicted octanol–water partition coefficient (Wildman–Crippen LogP) is 2.37. The van der Waals surface area contributed by atoms with Crippen LogP contribution in [-0.2, 0) is 4.74 Å². The molecule has 32 heavy (non-hydrogen) atoms. The molecule has 2 aliphatic rings. The molecule has 0 spiro atoms. The number of benzene rings is 1. The Morgan fingerprint density at radius 3 is 2.94 bits per heavy atom. The third kappa shape index (κ3) is 3.87. The number of aromatic nitrogens is 3. The van der Waals surface area contributed by atoms with Crippen LogP contribution in [0.15, 0.2) is 30.5 Å². The molecule has 168 valence electrons. The van der Waals surface area contributed by atoms with Gasteiger partial charge in [0.2, 0.25) is 0 Å². The third-order valence-corrected chi connectivity index (χ3v) is 6.45. The van der Waals surface area contributed by atoms with Crippen LogP contribution in [0.1, 0.15) is 23.0 Å². The number of fused-ring (bicyclic) bond motifs is 2. The van der Waals surface area contributed by atoms with Gasteiger partial charge in [0, 0.05) is 48.7 Å². The number of pyridine rings is 1. The van der Waals surface area contributed by atoms with Gasteiger partial charge in [0.1, 0.15) is 17.8 Å². The highest BCUT2D eigenvalue weighted by Gasteiger charge is 2.30.